The van der Waals surface area contributed by atoms with E-state index >= 15 is 0 Å². The first kappa shape index (κ1) is 8.69. The third-order valence-corrected chi connectivity index (χ3v) is 2.03. The van der Waals surface area contributed by atoms with Crippen LogP contribution in [-0.2, 0) is 0 Å². The molecule has 0 amide bonds. The Kier molecular flexibility index (Phi) is 3.03. The van der Waals surface area contributed by atoms with Crippen molar-refractivity contribution in [2.24, 2.45) is 0 Å². The molecule has 0 spiro atoms. The van der Waals surface area contributed by atoms with Crippen LogP contribution in [0.15, 0.2) is 18.2 Å². The number of rotatable bonds is 1. The zero-order chi connectivity index (χ0) is 8.27. The van der Waals surface area contributed by atoms with Gasteiger partial charge in [0.25, 0.3) is 5.82 Å². The van der Waals surface area contributed by atoms with E-state index in [1.54, 1.807) is 6.07 Å². The summed E-state index contributed by atoms with van der Waals surface area (Å²) >= 11 is 6.59. The Hall–Kier alpha value is -0.400. The molecule has 0 radical (unpaired) electrons. The number of alkyl halides is 2. The lowest BCUT2D eigenvalue weighted by Crippen LogP contribution is -1.84. The average molecular weight is 276 g/mol. The van der Waals surface area contributed by atoms with E-state index < -0.39 is 0 Å². The predicted octanol–water partition coefficient (Wildman–Crippen LogP) is 3.42. The van der Waals surface area contributed by atoms with Gasteiger partial charge in [0.1, 0.15) is 3.74 Å². The molecule has 0 saturated carbocycles. The topological polar surface area (TPSA) is 17.2 Å². The molecule has 0 aliphatic heterocycles. The maximum Gasteiger partial charge on any atom is 0.269 e. The largest absolute Gasteiger partial charge is 0.361 e. The molecule has 11 heavy (non-hydrogen) atoms. The maximum atomic E-state index is 6.71. The number of nitrogens with zero attached hydrogens (tertiary/aromatic N) is 2. The van der Waals surface area contributed by atoms with Gasteiger partial charge in [-0.2, -0.15) is 0 Å². The van der Waals surface area contributed by atoms with E-state index in [4.69, 9.17) is 6.57 Å². The van der Waals surface area contributed by atoms with Crippen molar-refractivity contribution < 1.29 is 0 Å². The van der Waals surface area contributed by atoms with Crippen LogP contribution in [0.25, 0.3) is 4.85 Å². The van der Waals surface area contributed by atoms with Crippen LogP contribution in [0.2, 0.25) is 0 Å². The zero-order valence-corrected chi connectivity index (χ0v) is 8.63. The van der Waals surface area contributed by atoms with E-state index in [-0.39, 0.29) is 3.74 Å². The second kappa shape index (κ2) is 3.84. The van der Waals surface area contributed by atoms with Gasteiger partial charge in [-0.1, -0.05) is 44.5 Å². The fraction of sp³-hybridized carbons (Fsp3) is 0.143. The fourth-order valence-electron chi connectivity index (χ4n) is 0.623. The van der Waals surface area contributed by atoms with Crippen molar-refractivity contribution in [3.8, 4) is 0 Å². The van der Waals surface area contributed by atoms with Gasteiger partial charge in [0.2, 0.25) is 0 Å². The number of halogens is 2. The fourth-order valence-corrected chi connectivity index (χ4v) is 1.13. The minimum Gasteiger partial charge on any atom is -0.361 e. The van der Waals surface area contributed by atoms with E-state index in [1.807, 2.05) is 12.1 Å². The Bertz CT molecular complexity index is 291. The van der Waals surface area contributed by atoms with E-state index in [1.165, 1.54) is 0 Å². The minimum atomic E-state index is 0.0247. The van der Waals surface area contributed by atoms with Gasteiger partial charge in [-0.3, -0.25) is 0 Å². The van der Waals surface area contributed by atoms with Crippen LogP contribution in [0.3, 0.4) is 0 Å². The Morgan fingerprint density at radius 1 is 1.45 bits per heavy atom. The molecular formula is C7H4Br2N2. The minimum absolute atomic E-state index is 0.0247. The molecule has 1 rings (SSSR count). The quantitative estimate of drug-likeness (QED) is 0.567. The third-order valence-electron chi connectivity index (χ3n) is 1.09. The van der Waals surface area contributed by atoms with Gasteiger partial charge in [0.15, 0.2) is 5.69 Å². The molecule has 0 fully saturated rings. The van der Waals surface area contributed by atoms with E-state index in [0.717, 1.165) is 5.69 Å². The van der Waals surface area contributed by atoms with Crippen molar-refractivity contribution in [2.75, 3.05) is 0 Å². The third kappa shape index (κ3) is 2.28. The molecule has 0 bridgehead atoms. The SMILES string of the molecule is [C-]#[N+]c1cccc(C(Br)Br)n1. The summed E-state index contributed by atoms with van der Waals surface area (Å²) < 4.78 is 0.0247. The highest BCUT2D eigenvalue weighted by molar-refractivity contribution is 9.24. The van der Waals surface area contributed by atoms with Crippen molar-refractivity contribution >= 4 is 37.7 Å². The Morgan fingerprint density at radius 2 is 2.18 bits per heavy atom. The van der Waals surface area contributed by atoms with Gasteiger partial charge in [-0.25, -0.2) is 0 Å². The Balaban J connectivity index is 3.03. The molecule has 2 nitrogen and oxygen atoms in total. The molecule has 4 heteroatoms. The molecule has 1 aromatic heterocycles. The van der Waals surface area contributed by atoms with E-state index in [9.17, 15) is 0 Å². The Morgan fingerprint density at radius 3 is 2.73 bits per heavy atom. The second-order valence-corrected chi connectivity index (χ2v) is 4.89. The van der Waals surface area contributed by atoms with Crippen LogP contribution in [0.5, 0.6) is 0 Å². The molecular weight excluding hydrogens is 272 g/mol. The van der Waals surface area contributed by atoms with Gasteiger partial charge >= 0.3 is 0 Å². The molecule has 1 heterocycles. The molecule has 0 unspecified atom stereocenters. The summed E-state index contributed by atoms with van der Waals surface area (Å²) in [5.41, 5.74) is 0.818. The smallest absolute Gasteiger partial charge is 0.269 e. The summed E-state index contributed by atoms with van der Waals surface area (Å²) in [6, 6.07) is 5.34. The number of aromatic nitrogens is 1. The van der Waals surface area contributed by atoms with Gasteiger partial charge in [0.05, 0.1) is 0 Å². The zero-order valence-electron chi connectivity index (χ0n) is 5.46. The van der Waals surface area contributed by atoms with Crippen molar-refractivity contribution in [1.82, 2.24) is 4.98 Å². The van der Waals surface area contributed by atoms with Gasteiger partial charge < -0.3 is 4.85 Å². The highest BCUT2D eigenvalue weighted by atomic mass is 79.9. The normalized spacial score (nSPS) is 9.64. The molecule has 0 atom stereocenters. The van der Waals surface area contributed by atoms with E-state index in [0.29, 0.717) is 5.82 Å². The van der Waals surface area contributed by atoms with Crippen LogP contribution < -0.4 is 0 Å². The van der Waals surface area contributed by atoms with Crippen LogP contribution in [0, 0.1) is 6.57 Å². The predicted molar refractivity (Wildman–Crippen MR) is 51.1 cm³/mol. The first-order valence-electron chi connectivity index (χ1n) is 2.86. The summed E-state index contributed by atoms with van der Waals surface area (Å²) in [5, 5.41) is 0. The van der Waals surface area contributed by atoms with Crippen molar-refractivity contribution in [3.05, 3.63) is 35.3 Å². The molecule has 0 aliphatic carbocycles. The standard InChI is InChI=1S/C7H4Br2N2/c1-10-6-4-2-3-5(11-6)7(8)9/h2-4,7H. The lowest BCUT2D eigenvalue weighted by Gasteiger charge is -1.95. The number of hydrogen-bond acceptors (Lipinski definition) is 1. The molecule has 0 aromatic carbocycles. The van der Waals surface area contributed by atoms with Crippen LogP contribution >= 0.6 is 31.9 Å². The number of hydrogen-bond donors (Lipinski definition) is 0. The molecule has 0 aliphatic rings. The lowest BCUT2D eigenvalue weighted by molar-refractivity contribution is 1.20. The molecule has 56 valence electrons. The number of pyridine rings is 1. The first-order valence-corrected chi connectivity index (χ1v) is 4.69. The summed E-state index contributed by atoms with van der Waals surface area (Å²) in [5.74, 6) is 0.423. The van der Waals surface area contributed by atoms with E-state index in [2.05, 4.69) is 41.7 Å². The Labute approximate surface area is 81.7 Å². The maximum absolute atomic E-state index is 6.71. The van der Waals surface area contributed by atoms with Crippen LogP contribution in [-0.4, -0.2) is 4.98 Å². The van der Waals surface area contributed by atoms with Crippen LogP contribution in [0.1, 0.15) is 9.43 Å². The van der Waals surface area contributed by atoms with Crippen molar-refractivity contribution in [2.45, 2.75) is 3.74 Å². The second-order valence-electron chi connectivity index (χ2n) is 1.83. The monoisotopic (exact) mass is 274 g/mol. The summed E-state index contributed by atoms with van der Waals surface area (Å²) in [7, 11) is 0. The highest BCUT2D eigenvalue weighted by Crippen LogP contribution is 2.28. The molecule has 0 saturated heterocycles. The lowest BCUT2D eigenvalue weighted by atomic mass is 10.4. The summed E-state index contributed by atoms with van der Waals surface area (Å²) in [6.45, 7) is 6.71. The summed E-state index contributed by atoms with van der Waals surface area (Å²) in [6.07, 6.45) is 0. The average Bonchev–Trinajstić information content (AvgIpc) is 2.05. The molecule has 0 N–H and O–H groups in total. The first-order chi connectivity index (χ1) is 5.24. The summed E-state index contributed by atoms with van der Waals surface area (Å²) in [4.78, 5) is 7.25. The van der Waals surface area contributed by atoms with Gasteiger partial charge in [-0.05, 0) is 12.1 Å². The van der Waals surface area contributed by atoms with Gasteiger partial charge in [0, 0.05) is 0 Å². The molecule has 1 aromatic rings. The van der Waals surface area contributed by atoms with Gasteiger partial charge in [-0.15, -0.1) is 4.98 Å². The van der Waals surface area contributed by atoms with Crippen LogP contribution in [0.4, 0.5) is 5.82 Å². The highest BCUT2D eigenvalue weighted by Gasteiger charge is 2.07. The van der Waals surface area contributed by atoms with Crippen molar-refractivity contribution in [1.29, 1.82) is 0 Å². The van der Waals surface area contributed by atoms with Crippen molar-refractivity contribution in [3.63, 3.8) is 0 Å².